The summed E-state index contributed by atoms with van der Waals surface area (Å²) in [5.74, 6) is -2.25. The Morgan fingerprint density at radius 1 is 1.09 bits per heavy atom. The Balaban J connectivity index is 1.34. The highest BCUT2D eigenvalue weighted by Gasteiger charge is 2.61. The molecule has 4 amide bonds. The lowest BCUT2D eigenvalue weighted by atomic mass is 9.85. The Labute approximate surface area is 336 Å². The van der Waals surface area contributed by atoms with Gasteiger partial charge in [0.25, 0.3) is 0 Å². The van der Waals surface area contributed by atoms with Gasteiger partial charge < -0.3 is 40.2 Å². The van der Waals surface area contributed by atoms with Crippen molar-refractivity contribution < 1.29 is 43.3 Å². The van der Waals surface area contributed by atoms with Crippen molar-refractivity contribution in [2.75, 3.05) is 19.0 Å². The van der Waals surface area contributed by atoms with E-state index in [1.165, 1.54) is 22.3 Å². The number of anilines is 1. The largest absolute Gasteiger partial charge is 0.497 e. The summed E-state index contributed by atoms with van der Waals surface area (Å²) in [6.45, 7) is 12.7. The summed E-state index contributed by atoms with van der Waals surface area (Å²) in [6.07, 6.45) is 3.42. The zero-order valence-corrected chi connectivity index (χ0v) is 34.3. The molecule has 6 rings (SSSR count). The Morgan fingerprint density at radius 3 is 2.42 bits per heavy atom. The van der Waals surface area contributed by atoms with Crippen LogP contribution in [0.1, 0.15) is 73.1 Å². The van der Waals surface area contributed by atoms with Crippen molar-refractivity contribution in [1.29, 1.82) is 0 Å². The number of thiazole rings is 1. The van der Waals surface area contributed by atoms with Crippen LogP contribution < -0.4 is 30.9 Å². The molecule has 3 fully saturated rings. The first kappa shape index (κ1) is 41.4. The Bertz CT molecular complexity index is 2080. The van der Waals surface area contributed by atoms with Crippen LogP contribution in [0.2, 0.25) is 0 Å². The first-order chi connectivity index (χ1) is 26.9. The molecular formula is C40H51BN6O9S. The van der Waals surface area contributed by atoms with Crippen LogP contribution in [0.5, 0.6) is 11.5 Å². The van der Waals surface area contributed by atoms with E-state index in [-0.39, 0.29) is 37.3 Å². The van der Waals surface area contributed by atoms with Crippen molar-refractivity contribution in [2.45, 2.75) is 103 Å². The number of fused-ring (bicyclic) bond motifs is 1. The van der Waals surface area contributed by atoms with Crippen LogP contribution in [0, 0.1) is 17.3 Å². The molecule has 2 aliphatic carbocycles. The van der Waals surface area contributed by atoms with Gasteiger partial charge in [-0.1, -0.05) is 40.7 Å². The highest BCUT2D eigenvalue weighted by Crippen LogP contribution is 2.45. The number of nitrogens with one attached hydrogen (secondary N) is 3. The fourth-order valence-electron chi connectivity index (χ4n) is 7.52. The van der Waals surface area contributed by atoms with Gasteiger partial charge in [0.2, 0.25) is 17.7 Å². The highest BCUT2D eigenvalue weighted by atomic mass is 32.1. The molecule has 3 heterocycles. The van der Waals surface area contributed by atoms with Gasteiger partial charge in [-0.2, -0.15) is 0 Å². The van der Waals surface area contributed by atoms with Crippen LogP contribution in [-0.4, -0.2) is 101 Å². The number of carboxylic acids is 1. The van der Waals surface area contributed by atoms with E-state index in [0.717, 1.165) is 31.1 Å². The van der Waals surface area contributed by atoms with Gasteiger partial charge in [-0.25, -0.2) is 19.6 Å². The van der Waals surface area contributed by atoms with Gasteiger partial charge in [-0.15, -0.1) is 17.9 Å². The molecule has 2 aromatic heterocycles. The molecule has 304 valence electrons. The van der Waals surface area contributed by atoms with Crippen LogP contribution in [0.15, 0.2) is 36.2 Å². The Kier molecular flexibility index (Phi) is 11.9. The molecule has 1 aromatic carbocycles. The van der Waals surface area contributed by atoms with Crippen molar-refractivity contribution in [2.24, 2.45) is 17.3 Å². The van der Waals surface area contributed by atoms with Crippen molar-refractivity contribution in [3.05, 3.63) is 36.2 Å². The van der Waals surface area contributed by atoms with Gasteiger partial charge in [0.1, 0.15) is 54.9 Å². The molecule has 3 aromatic rings. The zero-order valence-electron chi connectivity index (χ0n) is 33.5. The maximum Gasteiger partial charge on any atom is 0.408 e. The van der Waals surface area contributed by atoms with Crippen LogP contribution in [0.25, 0.3) is 22.3 Å². The molecule has 2 saturated carbocycles. The first-order valence-corrected chi connectivity index (χ1v) is 20.2. The van der Waals surface area contributed by atoms with Gasteiger partial charge >= 0.3 is 12.1 Å². The lowest BCUT2D eigenvalue weighted by molar-refractivity contribution is -0.146. The van der Waals surface area contributed by atoms with Crippen LogP contribution >= 0.6 is 11.3 Å². The number of methoxy groups -OCH3 is 1. The van der Waals surface area contributed by atoms with E-state index in [1.54, 1.807) is 38.5 Å². The molecule has 0 bridgehead atoms. The number of pyridine rings is 1. The van der Waals surface area contributed by atoms with Gasteiger partial charge in [-0.3, -0.25) is 14.4 Å². The van der Waals surface area contributed by atoms with Crippen molar-refractivity contribution in [1.82, 2.24) is 25.5 Å². The smallest absolute Gasteiger partial charge is 0.408 e. The quantitative estimate of drug-likeness (QED) is 0.145. The number of nitrogens with zero attached hydrogens (tertiary/aromatic N) is 3. The second-order valence-corrected chi connectivity index (χ2v) is 17.4. The Hall–Kier alpha value is -5.19. The lowest BCUT2D eigenvalue weighted by Gasteiger charge is -2.35. The standard InChI is InChI=1S/C40H51BN6O9S/c1-8-21-17-40(21,36(51)52)46-34(49)27-15-23(18-47(27)35(50)32(39(4,5)6)44-38(53)56-22-11-9-10-12-22)55-29-16-25(26-19-57-37(43-26)45-33(48)20(2)3)42-31-24(29)13-14-28(54-7)30(31)41/h8,13-14,16,19-23,27,32H,1,9-12,15,17-18,41H2,2-7H3,(H,44,53)(H,46,49)(H,51,52)(H,43,45,48)/t21-,23-,27+,32-,40-/m1/s1. The van der Waals surface area contributed by atoms with Gasteiger partial charge in [0.05, 0.1) is 24.9 Å². The normalized spacial score (nSPS) is 22.5. The van der Waals surface area contributed by atoms with E-state index >= 15 is 0 Å². The van der Waals surface area contributed by atoms with E-state index in [9.17, 15) is 29.1 Å². The van der Waals surface area contributed by atoms with Gasteiger partial charge in [0, 0.05) is 35.1 Å². The number of alkyl carbamates (subject to hydrolysis) is 1. The topological polar surface area (TPSA) is 198 Å². The van der Waals surface area contributed by atoms with E-state index in [1.807, 2.05) is 34.7 Å². The van der Waals surface area contributed by atoms with Crippen molar-refractivity contribution >= 4 is 70.5 Å². The number of amides is 4. The predicted molar refractivity (Wildman–Crippen MR) is 218 cm³/mol. The average Bonchev–Trinajstić information content (AvgIpc) is 3.57. The summed E-state index contributed by atoms with van der Waals surface area (Å²) in [4.78, 5) is 77.6. The summed E-state index contributed by atoms with van der Waals surface area (Å²) >= 11 is 1.26. The fraction of sp³-hybridized carbons (Fsp3) is 0.525. The summed E-state index contributed by atoms with van der Waals surface area (Å²) in [7, 11) is 3.44. The molecule has 1 saturated heterocycles. The zero-order chi connectivity index (χ0) is 41.4. The van der Waals surface area contributed by atoms with Crippen molar-refractivity contribution in [3.63, 3.8) is 0 Å². The van der Waals surface area contributed by atoms with E-state index in [0.29, 0.717) is 38.9 Å². The lowest BCUT2D eigenvalue weighted by Crippen LogP contribution is -2.59. The minimum Gasteiger partial charge on any atom is -0.497 e. The number of aliphatic carboxylic acids is 1. The highest BCUT2D eigenvalue weighted by molar-refractivity contribution is 7.14. The van der Waals surface area contributed by atoms with E-state index < -0.39 is 58.9 Å². The number of benzene rings is 1. The number of hydrogen-bond donors (Lipinski definition) is 4. The minimum atomic E-state index is -1.53. The maximum absolute atomic E-state index is 14.6. The number of carbonyl (C=O) groups is 5. The summed E-state index contributed by atoms with van der Waals surface area (Å²) in [5.41, 5.74) is -0.0555. The molecule has 0 radical (unpaired) electrons. The third-order valence-electron chi connectivity index (χ3n) is 11.0. The fourth-order valence-corrected chi connectivity index (χ4v) is 8.23. The second-order valence-electron chi connectivity index (χ2n) is 16.5. The van der Waals surface area contributed by atoms with Gasteiger partial charge in [0.15, 0.2) is 5.13 Å². The Morgan fingerprint density at radius 2 is 1.81 bits per heavy atom. The summed E-state index contributed by atoms with van der Waals surface area (Å²) < 4.78 is 18.0. The molecular weight excluding hydrogens is 751 g/mol. The summed E-state index contributed by atoms with van der Waals surface area (Å²) in [5, 5.41) is 21.3. The number of hydrogen-bond acceptors (Lipinski definition) is 11. The molecule has 3 aliphatic rings. The molecule has 57 heavy (non-hydrogen) atoms. The maximum atomic E-state index is 14.6. The first-order valence-electron chi connectivity index (χ1n) is 19.3. The summed E-state index contributed by atoms with van der Waals surface area (Å²) in [6, 6.07) is 3.13. The number of rotatable bonds is 13. The minimum absolute atomic E-state index is 0.0196. The second kappa shape index (κ2) is 16.4. The van der Waals surface area contributed by atoms with Crippen LogP contribution in [0.4, 0.5) is 9.93 Å². The molecule has 15 nitrogen and oxygen atoms in total. The molecule has 17 heteroatoms. The van der Waals surface area contributed by atoms with Crippen molar-refractivity contribution in [3.8, 4) is 22.9 Å². The van der Waals surface area contributed by atoms with Crippen LogP contribution in [0.3, 0.4) is 0 Å². The van der Waals surface area contributed by atoms with E-state index in [4.69, 9.17) is 19.2 Å². The number of ether oxygens (including phenoxy) is 3. The third kappa shape index (κ3) is 8.72. The van der Waals surface area contributed by atoms with E-state index in [2.05, 4.69) is 27.5 Å². The van der Waals surface area contributed by atoms with Crippen LogP contribution in [-0.2, 0) is 23.9 Å². The average molecular weight is 803 g/mol. The number of carboxylic acid groups (broad SMARTS) is 1. The molecule has 4 N–H and O–H groups in total. The third-order valence-corrected chi connectivity index (χ3v) is 11.8. The monoisotopic (exact) mass is 802 g/mol. The molecule has 0 spiro atoms. The molecule has 1 aliphatic heterocycles. The SMILES string of the molecule is Bc1c(OC)ccc2c(O[C@@H]3C[C@@H](C(=O)N[C@]4(C(=O)O)C[C@H]4C=C)N(C(=O)[C@@H](NC(=O)OC4CCCC4)C(C)(C)C)C3)cc(-c3csc(NC(=O)C(C)C)n3)nc12. The van der Waals surface area contributed by atoms with Gasteiger partial charge in [-0.05, 0) is 55.1 Å². The predicted octanol–water partition coefficient (Wildman–Crippen LogP) is 3.80. The number of carbonyl (C=O) groups excluding carboxylic acids is 4. The molecule has 0 unspecified atom stereocenters. The molecule has 5 atom stereocenters. The number of aromatic nitrogens is 2. The number of likely N-dealkylation sites (tertiary alicyclic amines) is 1.